The maximum Gasteiger partial charge on any atom is 0.291 e. The molecule has 0 aromatic heterocycles. The molecule has 0 bridgehead atoms. The monoisotopic (exact) mass is 280 g/mol. The standard InChI is InChI=1S/C11H24N2O2S2/c1-10(2)12-6-4-8-15-9-5-7-13(3)11(14)17-16/h10,12,16H,4-9H2,1-3H3. The molecule has 0 unspecified atom stereocenters. The summed E-state index contributed by atoms with van der Waals surface area (Å²) in [5, 5.41) is 3.31. The zero-order valence-corrected chi connectivity index (χ0v) is 12.7. The van der Waals surface area contributed by atoms with Crippen LogP contribution < -0.4 is 5.32 Å². The molecule has 0 aliphatic carbocycles. The molecule has 1 N–H and O–H groups in total. The van der Waals surface area contributed by atoms with Gasteiger partial charge in [0.2, 0.25) is 0 Å². The SMILES string of the molecule is CC(C)NCCCOCCCN(C)C(=O)SS. The van der Waals surface area contributed by atoms with Crippen LogP contribution in [0.3, 0.4) is 0 Å². The van der Waals surface area contributed by atoms with Crippen molar-refractivity contribution in [3.63, 3.8) is 0 Å². The third-order valence-corrected chi connectivity index (χ3v) is 3.13. The number of rotatable bonds is 9. The Labute approximate surface area is 114 Å². The average Bonchev–Trinajstić information content (AvgIpc) is 2.30. The first kappa shape index (κ1) is 17.1. The first-order chi connectivity index (χ1) is 8.07. The second-order valence-corrected chi connectivity index (χ2v) is 5.29. The van der Waals surface area contributed by atoms with E-state index in [1.54, 1.807) is 11.9 Å². The van der Waals surface area contributed by atoms with Gasteiger partial charge in [-0.3, -0.25) is 4.79 Å². The summed E-state index contributed by atoms with van der Waals surface area (Å²) in [5.74, 6) is 0. The van der Waals surface area contributed by atoms with Crippen LogP contribution in [0.2, 0.25) is 0 Å². The molecule has 0 aromatic rings. The Morgan fingerprint density at radius 2 is 2.06 bits per heavy atom. The predicted octanol–water partition coefficient (Wildman–Crippen LogP) is 2.41. The number of amides is 1. The summed E-state index contributed by atoms with van der Waals surface area (Å²) in [5.41, 5.74) is 0. The maximum absolute atomic E-state index is 11.1. The van der Waals surface area contributed by atoms with Crippen LogP contribution in [0.4, 0.5) is 4.79 Å². The van der Waals surface area contributed by atoms with Crippen molar-refractivity contribution < 1.29 is 9.53 Å². The van der Waals surface area contributed by atoms with Crippen LogP contribution in [0.5, 0.6) is 0 Å². The molecule has 0 fully saturated rings. The van der Waals surface area contributed by atoms with Gasteiger partial charge in [0, 0.05) is 43.6 Å². The van der Waals surface area contributed by atoms with Gasteiger partial charge in [-0.05, 0) is 19.4 Å². The lowest BCUT2D eigenvalue weighted by Crippen LogP contribution is -2.25. The van der Waals surface area contributed by atoms with Crippen molar-refractivity contribution in [1.29, 1.82) is 0 Å². The second-order valence-electron chi connectivity index (χ2n) is 4.21. The fourth-order valence-electron chi connectivity index (χ4n) is 1.23. The van der Waals surface area contributed by atoms with E-state index < -0.39 is 0 Å². The average molecular weight is 280 g/mol. The minimum absolute atomic E-state index is 0.0190. The molecule has 0 saturated heterocycles. The molecule has 17 heavy (non-hydrogen) atoms. The van der Waals surface area contributed by atoms with E-state index in [0.29, 0.717) is 12.6 Å². The van der Waals surface area contributed by atoms with E-state index in [1.807, 2.05) is 0 Å². The van der Waals surface area contributed by atoms with Crippen LogP contribution in [0.25, 0.3) is 0 Å². The summed E-state index contributed by atoms with van der Waals surface area (Å²) < 4.78 is 5.48. The second kappa shape index (κ2) is 11.2. The van der Waals surface area contributed by atoms with Crippen molar-refractivity contribution in [2.24, 2.45) is 0 Å². The van der Waals surface area contributed by atoms with Gasteiger partial charge in [0.25, 0.3) is 5.24 Å². The smallest absolute Gasteiger partial charge is 0.291 e. The molecule has 0 heterocycles. The lowest BCUT2D eigenvalue weighted by molar-refractivity contribution is 0.124. The van der Waals surface area contributed by atoms with E-state index >= 15 is 0 Å². The van der Waals surface area contributed by atoms with E-state index in [2.05, 4.69) is 30.8 Å². The van der Waals surface area contributed by atoms with Gasteiger partial charge in [0.15, 0.2) is 0 Å². The molecule has 6 heteroatoms. The molecule has 0 aromatic carbocycles. The third kappa shape index (κ3) is 10.9. The lowest BCUT2D eigenvalue weighted by atomic mass is 10.3. The Kier molecular flexibility index (Phi) is 11.3. The molecule has 0 saturated carbocycles. The van der Waals surface area contributed by atoms with Crippen molar-refractivity contribution in [2.45, 2.75) is 32.7 Å². The molecule has 0 spiro atoms. The molecule has 0 radical (unpaired) electrons. The highest BCUT2D eigenvalue weighted by atomic mass is 33.1. The molecule has 0 aliphatic rings. The van der Waals surface area contributed by atoms with Gasteiger partial charge >= 0.3 is 0 Å². The van der Waals surface area contributed by atoms with Crippen molar-refractivity contribution in [3.8, 4) is 0 Å². The Balaban J connectivity index is 3.21. The van der Waals surface area contributed by atoms with Gasteiger partial charge in [-0.25, -0.2) is 0 Å². The molecule has 0 atom stereocenters. The molecule has 0 rings (SSSR count). The van der Waals surface area contributed by atoms with E-state index in [0.717, 1.165) is 43.3 Å². The number of nitrogens with one attached hydrogen (secondary N) is 1. The first-order valence-corrected chi connectivity index (χ1v) is 7.82. The topological polar surface area (TPSA) is 41.6 Å². The van der Waals surface area contributed by atoms with Crippen LogP contribution in [-0.4, -0.2) is 49.5 Å². The number of nitrogens with zero attached hydrogens (tertiary/aromatic N) is 1. The van der Waals surface area contributed by atoms with Gasteiger partial charge in [0.05, 0.1) is 0 Å². The predicted molar refractivity (Wildman–Crippen MR) is 77.8 cm³/mol. The van der Waals surface area contributed by atoms with Crippen LogP contribution in [0, 0.1) is 0 Å². The summed E-state index contributed by atoms with van der Waals surface area (Å²) in [6.07, 6.45) is 1.90. The zero-order chi connectivity index (χ0) is 13.1. The van der Waals surface area contributed by atoms with Crippen molar-refractivity contribution in [1.82, 2.24) is 10.2 Å². The number of ether oxygens (including phenoxy) is 1. The van der Waals surface area contributed by atoms with Gasteiger partial charge in [-0.2, -0.15) is 0 Å². The molecule has 1 amide bonds. The number of carbonyl (C=O) groups excluding carboxylic acids is 1. The van der Waals surface area contributed by atoms with Gasteiger partial charge in [-0.15, -0.1) is 11.7 Å². The largest absolute Gasteiger partial charge is 0.381 e. The minimum atomic E-state index is -0.0190. The van der Waals surface area contributed by atoms with Crippen molar-refractivity contribution >= 4 is 27.7 Å². The van der Waals surface area contributed by atoms with E-state index in [4.69, 9.17) is 4.74 Å². The van der Waals surface area contributed by atoms with Crippen LogP contribution >= 0.6 is 22.5 Å². The van der Waals surface area contributed by atoms with E-state index in [1.165, 1.54) is 0 Å². The van der Waals surface area contributed by atoms with Gasteiger partial charge < -0.3 is 15.0 Å². The highest BCUT2D eigenvalue weighted by Gasteiger charge is 2.05. The summed E-state index contributed by atoms with van der Waals surface area (Å²) in [6.45, 7) is 7.46. The third-order valence-electron chi connectivity index (χ3n) is 2.19. The Bertz CT molecular complexity index is 204. The quantitative estimate of drug-likeness (QED) is 0.387. The highest BCUT2D eigenvalue weighted by molar-refractivity contribution is 8.74. The number of thiol groups is 1. The molecule has 4 nitrogen and oxygen atoms in total. The Morgan fingerprint density at radius 1 is 1.41 bits per heavy atom. The molecule has 0 aliphatic heterocycles. The van der Waals surface area contributed by atoms with Crippen LogP contribution in [0.15, 0.2) is 0 Å². The normalized spacial score (nSPS) is 10.9. The summed E-state index contributed by atoms with van der Waals surface area (Å²) in [7, 11) is 2.72. The number of carbonyl (C=O) groups is 1. The zero-order valence-electron chi connectivity index (χ0n) is 10.9. The number of hydrogen-bond donors (Lipinski definition) is 2. The van der Waals surface area contributed by atoms with Crippen LogP contribution in [-0.2, 0) is 4.74 Å². The maximum atomic E-state index is 11.1. The summed E-state index contributed by atoms with van der Waals surface area (Å²) >= 11 is 3.86. The first-order valence-electron chi connectivity index (χ1n) is 5.95. The van der Waals surface area contributed by atoms with E-state index in [-0.39, 0.29) is 5.24 Å². The number of hydrogen-bond acceptors (Lipinski definition) is 5. The van der Waals surface area contributed by atoms with Crippen molar-refractivity contribution in [2.75, 3.05) is 33.4 Å². The summed E-state index contributed by atoms with van der Waals surface area (Å²) in [4.78, 5) is 12.8. The summed E-state index contributed by atoms with van der Waals surface area (Å²) in [6, 6.07) is 0.536. The van der Waals surface area contributed by atoms with Gasteiger partial charge in [-0.1, -0.05) is 13.8 Å². The van der Waals surface area contributed by atoms with Crippen LogP contribution in [0.1, 0.15) is 26.7 Å². The Morgan fingerprint density at radius 3 is 2.65 bits per heavy atom. The lowest BCUT2D eigenvalue weighted by Gasteiger charge is -2.14. The molecular weight excluding hydrogens is 256 g/mol. The van der Waals surface area contributed by atoms with Crippen molar-refractivity contribution in [3.05, 3.63) is 0 Å². The molecular formula is C11H24N2O2S2. The Hall–Kier alpha value is 0.0900. The van der Waals surface area contributed by atoms with E-state index in [9.17, 15) is 4.79 Å². The molecule has 102 valence electrons. The van der Waals surface area contributed by atoms with Gasteiger partial charge in [0.1, 0.15) is 0 Å². The fraction of sp³-hybridized carbons (Fsp3) is 0.909. The fourth-order valence-corrected chi connectivity index (χ4v) is 1.88. The minimum Gasteiger partial charge on any atom is -0.381 e. The highest BCUT2D eigenvalue weighted by Crippen LogP contribution is 2.10.